The van der Waals surface area contributed by atoms with Crippen LogP contribution in [-0.4, -0.2) is 9.13 Å². The minimum atomic E-state index is 0.793. The second-order valence-corrected chi connectivity index (χ2v) is 9.51. The van der Waals surface area contributed by atoms with Gasteiger partial charge in [0.25, 0.3) is 0 Å². The predicted octanol–water partition coefficient (Wildman–Crippen LogP) is 8.19. The van der Waals surface area contributed by atoms with Crippen LogP contribution in [0.5, 0.6) is 0 Å². The number of hydrogen-bond donors (Lipinski definition) is 0. The SMILES string of the molecule is Clc1ccc2c(c1)c1c(n2Cc2ccccc2)-c2c(-c3ccccc3)c3ccccc3n2CC1. The van der Waals surface area contributed by atoms with Crippen molar-refractivity contribution in [1.29, 1.82) is 0 Å². The molecule has 1 aliphatic rings. The minimum absolute atomic E-state index is 0.793. The van der Waals surface area contributed by atoms with E-state index in [1.807, 2.05) is 6.07 Å². The molecule has 2 nitrogen and oxygen atoms in total. The third-order valence-corrected chi connectivity index (χ3v) is 7.39. The smallest absolute Gasteiger partial charge is 0.0742 e. The molecule has 0 radical (unpaired) electrons. The summed E-state index contributed by atoms with van der Waals surface area (Å²) in [4.78, 5) is 0. The van der Waals surface area contributed by atoms with E-state index in [9.17, 15) is 0 Å². The molecule has 0 bridgehead atoms. The van der Waals surface area contributed by atoms with Gasteiger partial charge in [0.05, 0.1) is 11.4 Å². The van der Waals surface area contributed by atoms with Crippen LogP contribution in [0.1, 0.15) is 11.1 Å². The van der Waals surface area contributed by atoms with E-state index in [1.165, 1.54) is 55.4 Å². The Balaban J connectivity index is 1.62. The molecule has 0 saturated heterocycles. The third-order valence-electron chi connectivity index (χ3n) is 7.16. The average Bonchev–Trinajstić information content (AvgIpc) is 3.38. The zero-order valence-corrected chi connectivity index (χ0v) is 19.5. The number of benzene rings is 4. The summed E-state index contributed by atoms with van der Waals surface area (Å²) < 4.78 is 5.04. The molecular weight excluding hydrogens is 436 g/mol. The molecule has 0 unspecified atom stereocenters. The first-order valence-corrected chi connectivity index (χ1v) is 12.2. The van der Waals surface area contributed by atoms with Gasteiger partial charge in [0, 0.05) is 45.5 Å². The molecule has 0 amide bonds. The molecule has 4 aromatic carbocycles. The Hall–Kier alpha value is -3.75. The molecule has 1 aliphatic heterocycles. The summed E-state index contributed by atoms with van der Waals surface area (Å²) in [5.41, 5.74) is 10.5. The highest BCUT2D eigenvalue weighted by Crippen LogP contribution is 2.47. The highest BCUT2D eigenvalue weighted by atomic mass is 35.5. The molecule has 0 aliphatic carbocycles. The number of hydrogen-bond acceptors (Lipinski definition) is 0. The Labute approximate surface area is 203 Å². The average molecular weight is 459 g/mol. The van der Waals surface area contributed by atoms with Crippen LogP contribution in [0.15, 0.2) is 103 Å². The standard InChI is InChI=1S/C31H23ClN2/c32-23-15-16-28-26(19-23)24-17-18-33-27-14-8-7-13-25(27)29(22-11-5-2-6-12-22)31(33)30(24)34(28)20-21-9-3-1-4-10-21/h1-16,19H,17-18,20H2. The van der Waals surface area contributed by atoms with Crippen molar-refractivity contribution in [3.8, 4) is 22.5 Å². The zero-order valence-electron chi connectivity index (χ0n) is 18.7. The van der Waals surface area contributed by atoms with Crippen molar-refractivity contribution in [3.05, 3.63) is 119 Å². The van der Waals surface area contributed by atoms with Gasteiger partial charge in [0.2, 0.25) is 0 Å². The van der Waals surface area contributed by atoms with Gasteiger partial charge in [-0.2, -0.15) is 0 Å². The zero-order chi connectivity index (χ0) is 22.6. The van der Waals surface area contributed by atoms with Crippen LogP contribution in [0.25, 0.3) is 44.3 Å². The second-order valence-electron chi connectivity index (χ2n) is 9.07. The monoisotopic (exact) mass is 458 g/mol. The van der Waals surface area contributed by atoms with Gasteiger partial charge < -0.3 is 9.13 Å². The molecule has 164 valence electrons. The molecule has 0 N–H and O–H groups in total. The van der Waals surface area contributed by atoms with Gasteiger partial charge in [-0.25, -0.2) is 0 Å². The van der Waals surface area contributed by atoms with E-state index in [0.29, 0.717) is 0 Å². The van der Waals surface area contributed by atoms with Crippen molar-refractivity contribution >= 4 is 33.4 Å². The summed E-state index contributed by atoms with van der Waals surface area (Å²) >= 11 is 6.51. The summed E-state index contributed by atoms with van der Waals surface area (Å²) in [5.74, 6) is 0. The highest BCUT2D eigenvalue weighted by Gasteiger charge is 2.30. The van der Waals surface area contributed by atoms with Gasteiger partial charge in [-0.15, -0.1) is 0 Å². The Kier molecular flexibility index (Phi) is 4.43. The van der Waals surface area contributed by atoms with Crippen LogP contribution < -0.4 is 0 Å². The van der Waals surface area contributed by atoms with Gasteiger partial charge in [0.1, 0.15) is 0 Å². The lowest BCUT2D eigenvalue weighted by atomic mass is 9.96. The maximum Gasteiger partial charge on any atom is 0.0742 e. The Morgan fingerprint density at radius 3 is 2.24 bits per heavy atom. The van der Waals surface area contributed by atoms with Crippen LogP contribution in [0, 0.1) is 0 Å². The highest BCUT2D eigenvalue weighted by molar-refractivity contribution is 6.31. The molecular formula is C31H23ClN2. The molecule has 3 heterocycles. The van der Waals surface area contributed by atoms with E-state index in [4.69, 9.17) is 11.6 Å². The molecule has 0 fully saturated rings. The quantitative estimate of drug-likeness (QED) is 0.253. The van der Waals surface area contributed by atoms with Crippen LogP contribution in [-0.2, 0) is 19.5 Å². The second kappa shape index (κ2) is 7.65. The number of halogens is 1. The van der Waals surface area contributed by atoms with Gasteiger partial charge >= 0.3 is 0 Å². The topological polar surface area (TPSA) is 9.86 Å². The number of fused-ring (bicyclic) bond motifs is 7. The molecule has 34 heavy (non-hydrogen) atoms. The third kappa shape index (κ3) is 2.89. The Morgan fingerprint density at radius 2 is 1.41 bits per heavy atom. The number of aromatic nitrogens is 2. The molecule has 0 atom stereocenters. The van der Waals surface area contributed by atoms with E-state index >= 15 is 0 Å². The van der Waals surface area contributed by atoms with E-state index in [0.717, 1.165) is 24.5 Å². The largest absolute Gasteiger partial charge is 0.338 e. The maximum absolute atomic E-state index is 6.51. The number of aryl methyl sites for hydroxylation is 2. The van der Waals surface area contributed by atoms with Crippen molar-refractivity contribution in [1.82, 2.24) is 9.13 Å². The molecule has 7 rings (SSSR count). The van der Waals surface area contributed by atoms with Gasteiger partial charge in [-0.1, -0.05) is 90.5 Å². The van der Waals surface area contributed by atoms with Crippen LogP contribution in [0.4, 0.5) is 0 Å². The van der Waals surface area contributed by atoms with E-state index in [-0.39, 0.29) is 0 Å². The normalized spacial score (nSPS) is 12.7. The fourth-order valence-corrected chi connectivity index (χ4v) is 5.92. The number of nitrogens with zero attached hydrogens (tertiary/aromatic N) is 2. The molecule has 0 spiro atoms. The van der Waals surface area contributed by atoms with Gasteiger partial charge in [0.15, 0.2) is 0 Å². The lowest BCUT2D eigenvalue weighted by molar-refractivity contribution is 0.696. The molecule has 0 saturated carbocycles. The van der Waals surface area contributed by atoms with Gasteiger partial charge in [-0.05, 0) is 47.4 Å². The predicted molar refractivity (Wildman–Crippen MR) is 143 cm³/mol. The summed E-state index contributed by atoms with van der Waals surface area (Å²) in [6.45, 7) is 1.79. The molecule has 3 heteroatoms. The lowest BCUT2D eigenvalue weighted by Crippen LogP contribution is -2.13. The Bertz CT molecular complexity index is 1670. The van der Waals surface area contributed by atoms with Gasteiger partial charge in [-0.3, -0.25) is 0 Å². The molecule has 2 aromatic heterocycles. The maximum atomic E-state index is 6.51. The number of para-hydroxylation sites is 1. The van der Waals surface area contributed by atoms with Crippen molar-refractivity contribution in [2.75, 3.05) is 0 Å². The molecule has 6 aromatic rings. The van der Waals surface area contributed by atoms with E-state index < -0.39 is 0 Å². The summed E-state index contributed by atoms with van der Waals surface area (Å²) in [6, 6.07) is 36.8. The van der Waals surface area contributed by atoms with E-state index in [1.54, 1.807) is 0 Å². The Morgan fingerprint density at radius 1 is 0.676 bits per heavy atom. The number of rotatable bonds is 3. The summed E-state index contributed by atoms with van der Waals surface area (Å²) in [7, 11) is 0. The summed E-state index contributed by atoms with van der Waals surface area (Å²) in [6.07, 6.45) is 0.994. The van der Waals surface area contributed by atoms with Crippen molar-refractivity contribution in [3.63, 3.8) is 0 Å². The summed E-state index contributed by atoms with van der Waals surface area (Å²) in [5, 5.41) is 3.38. The van der Waals surface area contributed by atoms with Crippen molar-refractivity contribution in [2.45, 2.75) is 19.5 Å². The lowest BCUT2D eigenvalue weighted by Gasteiger charge is -2.22. The van der Waals surface area contributed by atoms with E-state index in [2.05, 4.69) is 106 Å². The van der Waals surface area contributed by atoms with Crippen molar-refractivity contribution in [2.24, 2.45) is 0 Å². The first kappa shape index (κ1) is 19.7. The van der Waals surface area contributed by atoms with Crippen molar-refractivity contribution < 1.29 is 0 Å². The van der Waals surface area contributed by atoms with Crippen LogP contribution in [0.3, 0.4) is 0 Å². The first-order chi connectivity index (χ1) is 16.8. The fraction of sp³-hybridized carbons (Fsp3) is 0.0968. The fourth-order valence-electron chi connectivity index (χ4n) is 5.75. The van der Waals surface area contributed by atoms with Crippen LogP contribution >= 0.6 is 11.6 Å². The first-order valence-electron chi connectivity index (χ1n) is 11.8. The van der Waals surface area contributed by atoms with Crippen LogP contribution in [0.2, 0.25) is 5.02 Å². The minimum Gasteiger partial charge on any atom is -0.338 e.